The van der Waals surface area contributed by atoms with Gasteiger partial charge in [-0.1, -0.05) is 50.2 Å². The Bertz CT molecular complexity index is 1290. The van der Waals surface area contributed by atoms with Crippen LogP contribution in [-0.4, -0.2) is 20.9 Å². The van der Waals surface area contributed by atoms with Crippen molar-refractivity contribution >= 4 is 27.7 Å². The van der Waals surface area contributed by atoms with E-state index in [0.29, 0.717) is 17.8 Å². The molecule has 0 atom stereocenters. The van der Waals surface area contributed by atoms with Gasteiger partial charge in [-0.3, -0.25) is 4.79 Å². The molecule has 2 N–H and O–H groups in total. The van der Waals surface area contributed by atoms with E-state index < -0.39 is 10.0 Å². The standard InChI is InChI=1S/C26H25N3O3S/c1-19(2)18-28-33(31,32)25-13-9-23(10-14-25)22-7-11-24(12-8-22)29-26(30)15-6-20-4-3-5-21(16-20)17-27/h3-16,19,28H,18H2,1-2H3,(H,29,30)/b15-6-. The van der Waals surface area contributed by atoms with Gasteiger partial charge < -0.3 is 5.32 Å². The maximum Gasteiger partial charge on any atom is 0.248 e. The maximum absolute atomic E-state index is 12.3. The lowest BCUT2D eigenvalue weighted by Crippen LogP contribution is -2.27. The zero-order valence-corrected chi connectivity index (χ0v) is 19.3. The third kappa shape index (κ3) is 6.88. The molecule has 168 valence electrons. The van der Waals surface area contributed by atoms with Crippen molar-refractivity contribution in [3.8, 4) is 17.2 Å². The molecule has 1 amide bonds. The second-order valence-electron chi connectivity index (χ2n) is 7.91. The highest BCUT2D eigenvalue weighted by molar-refractivity contribution is 7.89. The molecule has 0 saturated carbocycles. The van der Waals surface area contributed by atoms with Gasteiger partial charge in [-0.25, -0.2) is 13.1 Å². The monoisotopic (exact) mass is 459 g/mol. The molecule has 0 saturated heterocycles. The Morgan fingerprint density at radius 3 is 2.24 bits per heavy atom. The normalized spacial score (nSPS) is 11.5. The van der Waals surface area contributed by atoms with Crippen molar-refractivity contribution in [3.05, 3.63) is 90.0 Å². The van der Waals surface area contributed by atoms with Crippen LogP contribution in [0.1, 0.15) is 25.0 Å². The fourth-order valence-electron chi connectivity index (χ4n) is 3.00. The van der Waals surface area contributed by atoms with Gasteiger partial charge in [0.1, 0.15) is 0 Å². The molecule has 0 heterocycles. The van der Waals surface area contributed by atoms with Crippen LogP contribution in [0.15, 0.2) is 83.8 Å². The number of nitrogens with one attached hydrogen (secondary N) is 2. The number of benzene rings is 3. The van der Waals surface area contributed by atoms with Crippen LogP contribution < -0.4 is 10.0 Å². The predicted molar refractivity (Wildman–Crippen MR) is 131 cm³/mol. The molecule has 0 aliphatic heterocycles. The lowest BCUT2D eigenvalue weighted by Gasteiger charge is -2.10. The first-order valence-electron chi connectivity index (χ1n) is 10.5. The molecule has 0 bridgehead atoms. The SMILES string of the molecule is CC(C)CNS(=O)(=O)c1ccc(-c2ccc(NC(=O)/C=C\c3cccc(C#N)c3)cc2)cc1. The lowest BCUT2D eigenvalue weighted by atomic mass is 10.1. The van der Waals surface area contributed by atoms with Crippen LogP contribution in [0, 0.1) is 17.2 Å². The Morgan fingerprint density at radius 2 is 1.64 bits per heavy atom. The van der Waals surface area contributed by atoms with E-state index >= 15 is 0 Å². The number of nitriles is 1. The van der Waals surface area contributed by atoms with E-state index in [1.807, 2.05) is 32.0 Å². The van der Waals surface area contributed by atoms with Crippen LogP contribution in [0.4, 0.5) is 5.69 Å². The van der Waals surface area contributed by atoms with Gasteiger partial charge in [-0.15, -0.1) is 0 Å². The molecular formula is C26H25N3O3S. The molecule has 7 heteroatoms. The van der Waals surface area contributed by atoms with Gasteiger partial charge >= 0.3 is 0 Å². The number of carbonyl (C=O) groups is 1. The first kappa shape index (κ1) is 23.9. The zero-order valence-electron chi connectivity index (χ0n) is 18.4. The Morgan fingerprint density at radius 1 is 1.00 bits per heavy atom. The molecule has 0 radical (unpaired) electrons. The molecule has 3 aromatic carbocycles. The number of amides is 1. The largest absolute Gasteiger partial charge is 0.323 e. The summed E-state index contributed by atoms with van der Waals surface area (Å²) in [5.74, 6) is -0.0585. The summed E-state index contributed by atoms with van der Waals surface area (Å²) in [5, 5.41) is 11.7. The fourth-order valence-corrected chi connectivity index (χ4v) is 4.21. The first-order valence-corrected chi connectivity index (χ1v) is 11.9. The Labute approximate surface area is 194 Å². The van der Waals surface area contributed by atoms with Crippen molar-refractivity contribution in [1.29, 1.82) is 5.26 Å². The summed E-state index contributed by atoms with van der Waals surface area (Å²) in [6.45, 7) is 4.28. The summed E-state index contributed by atoms with van der Waals surface area (Å²) in [4.78, 5) is 12.4. The Hall–Kier alpha value is -3.73. The molecule has 0 fully saturated rings. The fraction of sp³-hybridized carbons (Fsp3) is 0.154. The Balaban J connectivity index is 1.63. The van der Waals surface area contributed by atoms with E-state index in [4.69, 9.17) is 5.26 Å². The molecular weight excluding hydrogens is 434 g/mol. The molecule has 0 aromatic heterocycles. The predicted octanol–water partition coefficient (Wildman–Crippen LogP) is 4.81. The van der Waals surface area contributed by atoms with Crippen molar-refractivity contribution in [2.45, 2.75) is 18.7 Å². The average molecular weight is 460 g/mol. The van der Waals surface area contributed by atoms with E-state index in [9.17, 15) is 13.2 Å². The molecule has 6 nitrogen and oxygen atoms in total. The number of sulfonamides is 1. The number of nitrogens with zero attached hydrogens (tertiary/aromatic N) is 1. The minimum atomic E-state index is -3.52. The van der Waals surface area contributed by atoms with Gasteiger partial charge in [-0.2, -0.15) is 5.26 Å². The van der Waals surface area contributed by atoms with Gasteiger partial charge in [0.05, 0.1) is 16.5 Å². The summed E-state index contributed by atoms with van der Waals surface area (Å²) < 4.78 is 27.3. The van der Waals surface area contributed by atoms with Gasteiger partial charge in [0.25, 0.3) is 0 Å². The van der Waals surface area contributed by atoms with Crippen LogP contribution in [0.25, 0.3) is 17.2 Å². The third-order valence-electron chi connectivity index (χ3n) is 4.77. The molecule has 0 spiro atoms. The second kappa shape index (κ2) is 10.7. The zero-order chi connectivity index (χ0) is 23.8. The third-order valence-corrected chi connectivity index (χ3v) is 6.21. The second-order valence-corrected chi connectivity index (χ2v) is 9.67. The number of anilines is 1. The van der Waals surface area contributed by atoms with Gasteiger partial charge in [0.15, 0.2) is 0 Å². The highest BCUT2D eigenvalue weighted by Gasteiger charge is 2.14. The number of carbonyl (C=O) groups excluding carboxylic acids is 1. The summed E-state index contributed by atoms with van der Waals surface area (Å²) in [6.07, 6.45) is 3.06. The van der Waals surface area contributed by atoms with E-state index in [2.05, 4.69) is 16.1 Å². The summed E-state index contributed by atoms with van der Waals surface area (Å²) in [7, 11) is -3.52. The summed E-state index contributed by atoms with van der Waals surface area (Å²) >= 11 is 0. The molecule has 33 heavy (non-hydrogen) atoms. The van der Waals surface area contributed by atoms with Crippen LogP contribution >= 0.6 is 0 Å². The number of hydrogen-bond acceptors (Lipinski definition) is 4. The van der Waals surface area contributed by atoms with Gasteiger partial charge in [0, 0.05) is 18.3 Å². The van der Waals surface area contributed by atoms with E-state index in [-0.39, 0.29) is 16.7 Å². The minimum Gasteiger partial charge on any atom is -0.323 e. The highest BCUT2D eigenvalue weighted by atomic mass is 32.2. The van der Waals surface area contributed by atoms with E-state index in [0.717, 1.165) is 16.7 Å². The topological polar surface area (TPSA) is 99.1 Å². The summed E-state index contributed by atoms with van der Waals surface area (Å²) in [6, 6.07) is 23.0. The van der Waals surface area contributed by atoms with Crippen molar-refractivity contribution in [2.24, 2.45) is 5.92 Å². The maximum atomic E-state index is 12.3. The van der Waals surface area contributed by atoms with Crippen molar-refractivity contribution in [1.82, 2.24) is 4.72 Å². The lowest BCUT2D eigenvalue weighted by molar-refractivity contribution is -0.111. The molecule has 3 rings (SSSR count). The Kier molecular flexibility index (Phi) is 7.78. The van der Waals surface area contributed by atoms with Crippen LogP contribution in [0.3, 0.4) is 0 Å². The van der Waals surface area contributed by atoms with Crippen molar-refractivity contribution in [2.75, 3.05) is 11.9 Å². The summed E-state index contributed by atoms with van der Waals surface area (Å²) in [5.41, 5.74) is 3.70. The van der Waals surface area contributed by atoms with Crippen molar-refractivity contribution < 1.29 is 13.2 Å². The van der Waals surface area contributed by atoms with Crippen LogP contribution in [-0.2, 0) is 14.8 Å². The average Bonchev–Trinajstić information content (AvgIpc) is 2.82. The van der Waals surface area contributed by atoms with E-state index in [1.54, 1.807) is 60.7 Å². The van der Waals surface area contributed by atoms with Gasteiger partial charge in [0.2, 0.25) is 15.9 Å². The first-order chi connectivity index (χ1) is 15.8. The molecule has 0 unspecified atom stereocenters. The van der Waals surface area contributed by atoms with Crippen LogP contribution in [0.5, 0.6) is 0 Å². The van der Waals surface area contributed by atoms with Gasteiger partial charge in [-0.05, 0) is 65.1 Å². The molecule has 0 aliphatic carbocycles. The molecule has 0 aliphatic rings. The number of hydrogen-bond donors (Lipinski definition) is 2. The highest BCUT2D eigenvalue weighted by Crippen LogP contribution is 2.23. The molecule has 3 aromatic rings. The number of rotatable bonds is 8. The smallest absolute Gasteiger partial charge is 0.248 e. The quantitative estimate of drug-likeness (QED) is 0.472. The van der Waals surface area contributed by atoms with Crippen molar-refractivity contribution in [3.63, 3.8) is 0 Å². The van der Waals surface area contributed by atoms with Crippen LogP contribution in [0.2, 0.25) is 0 Å². The minimum absolute atomic E-state index is 0.225. The van der Waals surface area contributed by atoms with E-state index in [1.165, 1.54) is 6.08 Å².